The molecule has 0 bridgehead atoms. The number of ether oxygens (including phenoxy) is 3. The lowest BCUT2D eigenvalue weighted by Crippen LogP contribution is -2.50. The molecule has 33 heavy (non-hydrogen) atoms. The SMILES string of the molecule is COCC1CCN(C(/C(=N/N)N(N)CCc2ccccc2)c2cccc(OC)c2OC)CC1. The van der Waals surface area contributed by atoms with Crippen LogP contribution in [0.1, 0.15) is 30.0 Å². The summed E-state index contributed by atoms with van der Waals surface area (Å²) in [6.45, 7) is 3.12. The molecule has 0 amide bonds. The Kier molecular flexibility index (Phi) is 9.35. The summed E-state index contributed by atoms with van der Waals surface area (Å²) in [5.41, 5.74) is 2.14. The number of hydrogen-bond acceptors (Lipinski definition) is 7. The van der Waals surface area contributed by atoms with Crippen LogP contribution in [0.2, 0.25) is 0 Å². The van der Waals surface area contributed by atoms with E-state index in [9.17, 15) is 0 Å². The second-order valence-corrected chi connectivity index (χ2v) is 8.34. The molecule has 1 aliphatic rings. The maximum absolute atomic E-state index is 6.56. The Bertz CT molecular complexity index is 885. The Labute approximate surface area is 197 Å². The minimum absolute atomic E-state index is 0.260. The number of benzene rings is 2. The highest BCUT2D eigenvalue weighted by Gasteiger charge is 2.34. The second kappa shape index (κ2) is 12.4. The zero-order chi connectivity index (χ0) is 23.6. The minimum Gasteiger partial charge on any atom is -0.493 e. The molecule has 2 aromatic rings. The third-order valence-corrected chi connectivity index (χ3v) is 6.30. The fourth-order valence-corrected chi connectivity index (χ4v) is 4.55. The lowest BCUT2D eigenvalue weighted by Gasteiger charge is -2.40. The first-order valence-corrected chi connectivity index (χ1v) is 11.4. The van der Waals surface area contributed by atoms with Gasteiger partial charge in [-0.2, -0.15) is 5.10 Å². The van der Waals surface area contributed by atoms with Crippen molar-refractivity contribution in [2.75, 3.05) is 47.6 Å². The zero-order valence-corrected chi connectivity index (χ0v) is 19.9. The summed E-state index contributed by atoms with van der Waals surface area (Å²) in [6.07, 6.45) is 2.85. The third kappa shape index (κ3) is 6.16. The summed E-state index contributed by atoms with van der Waals surface area (Å²) < 4.78 is 16.7. The van der Waals surface area contributed by atoms with Crippen LogP contribution in [-0.2, 0) is 11.2 Å². The summed E-state index contributed by atoms with van der Waals surface area (Å²) in [5.74, 6) is 15.0. The lowest BCUT2D eigenvalue weighted by molar-refractivity contribution is 0.0890. The fraction of sp³-hybridized carbons (Fsp3) is 0.480. The van der Waals surface area contributed by atoms with E-state index in [-0.39, 0.29) is 6.04 Å². The molecular weight excluding hydrogens is 418 g/mol. The number of nitrogens with two attached hydrogens (primary N) is 2. The molecule has 1 atom stereocenters. The van der Waals surface area contributed by atoms with Crippen LogP contribution in [-0.4, -0.2) is 63.3 Å². The van der Waals surface area contributed by atoms with Gasteiger partial charge in [-0.05, 0) is 49.9 Å². The van der Waals surface area contributed by atoms with E-state index in [0.29, 0.717) is 29.8 Å². The number of nitrogens with zero attached hydrogens (tertiary/aromatic N) is 3. The second-order valence-electron chi connectivity index (χ2n) is 8.34. The summed E-state index contributed by atoms with van der Waals surface area (Å²) in [7, 11) is 5.05. The smallest absolute Gasteiger partial charge is 0.165 e. The number of piperidine rings is 1. The third-order valence-electron chi connectivity index (χ3n) is 6.30. The Morgan fingerprint density at radius 1 is 1.06 bits per heavy atom. The predicted molar refractivity (Wildman–Crippen MR) is 131 cm³/mol. The maximum atomic E-state index is 6.56. The van der Waals surface area contributed by atoms with Crippen molar-refractivity contribution in [3.8, 4) is 11.5 Å². The largest absolute Gasteiger partial charge is 0.493 e. The van der Waals surface area contributed by atoms with Crippen LogP contribution in [0.3, 0.4) is 0 Å². The average molecular weight is 456 g/mol. The van der Waals surface area contributed by atoms with Gasteiger partial charge in [0.05, 0.1) is 14.2 Å². The van der Waals surface area contributed by atoms with Gasteiger partial charge in [0.1, 0.15) is 6.04 Å². The van der Waals surface area contributed by atoms with E-state index in [1.807, 2.05) is 36.4 Å². The van der Waals surface area contributed by atoms with Crippen LogP contribution >= 0.6 is 0 Å². The van der Waals surface area contributed by atoms with Gasteiger partial charge in [-0.3, -0.25) is 9.91 Å². The van der Waals surface area contributed by atoms with E-state index >= 15 is 0 Å². The predicted octanol–water partition coefficient (Wildman–Crippen LogP) is 2.79. The highest BCUT2D eigenvalue weighted by atomic mass is 16.5. The molecule has 0 spiro atoms. The van der Waals surface area contributed by atoms with E-state index in [1.54, 1.807) is 26.3 Å². The number of likely N-dealkylation sites (tertiary alicyclic amines) is 1. The number of rotatable bonds is 10. The van der Waals surface area contributed by atoms with Gasteiger partial charge in [0.15, 0.2) is 17.3 Å². The Morgan fingerprint density at radius 3 is 2.39 bits per heavy atom. The van der Waals surface area contributed by atoms with Crippen molar-refractivity contribution in [2.45, 2.75) is 25.3 Å². The Hall–Kier alpha value is -2.81. The molecule has 1 saturated heterocycles. The van der Waals surface area contributed by atoms with Crippen LogP contribution in [0.15, 0.2) is 53.6 Å². The summed E-state index contributed by atoms with van der Waals surface area (Å²) in [5, 5.41) is 5.86. The van der Waals surface area contributed by atoms with Crippen molar-refractivity contribution < 1.29 is 14.2 Å². The molecule has 0 aliphatic carbocycles. The van der Waals surface area contributed by atoms with Crippen molar-refractivity contribution in [2.24, 2.45) is 22.7 Å². The Balaban J connectivity index is 1.90. The molecule has 1 unspecified atom stereocenters. The number of methoxy groups -OCH3 is 3. The first-order valence-electron chi connectivity index (χ1n) is 11.4. The summed E-state index contributed by atoms with van der Waals surface area (Å²) >= 11 is 0. The van der Waals surface area contributed by atoms with Gasteiger partial charge < -0.3 is 20.1 Å². The number of hydrazone groups is 1. The molecule has 1 heterocycles. The molecule has 2 aromatic carbocycles. The van der Waals surface area contributed by atoms with Gasteiger partial charge in [0.2, 0.25) is 0 Å². The molecule has 0 radical (unpaired) electrons. The average Bonchev–Trinajstić information content (AvgIpc) is 2.86. The molecule has 4 N–H and O–H groups in total. The van der Waals surface area contributed by atoms with Crippen molar-refractivity contribution >= 4 is 5.84 Å². The number of hydrogen-bond donors (Lipinski definition) is 2. The van der Waals surface area contributed by atoms with Crippen LogP contribution in [0.4, 0.5) is 0 Å². The molecular formula is C25H37N5O3. The number of hydrazine groups is 1. The van der Waals surface area contributed by atoms with Gasteiger partial charge in [-0.15, -0.1) is 0 Å². The molecule has 1 aliphatic heterocycles. The molecule has 180 valence electrons. The zero-order valence-electron chi connectivity index (χ0n) is 19.9. The minimum atomic E-state index is -0.260. The van der Waals surface area contributed by atoms with E-state index in [1.165, 1.54) is 5.56 Å². The lowest BCUT2D eigenvalue weighted by atomic mass is 9.93. The van der Waals surface area contributed by atoms with E-state index in [4.69, 9.17) is 25.9 Å². The van der Waals surface area contributed by atoms with Crippen molar-refractivity contribution in [3.63, 3.8) is 0 Å². The molecule has 3 rings (SSSR count). The van der Waals surface area contributed by atoms with Gasteiger partial charge in [-0.1, -0.05) is 42.5 Å². The van der Waals surface area contributed by atoms with E-state index in [0.717, 1.165) is 44.5 Å². The summed E-state index contributed by atoms with van der Waals surface area (Å²) in [6, 6.07) is 15.9. The first-order chi connectivity index (χ1) is 16.1. The first kappa shape index (κ1) is 24.8. The van der Waals surface area contributed by atoms with Crippen LogP contribution in [0.25, 0.3) is 0 Å². The van der Waals surface area contributed by atoms with Crippen molar-refractivity contribution in [1.82, 2.24) is 9.91 Å². The van der Waals surface area contributed by atoms with E-state index in [2.05, 4.69) is 22.1 Å². The summed E-state index contributed by atoms with van der Waals surface area (Å²) in [4.78, 5) is 2.37. The molecule has 1 fully saturated rings. The standard InChI is InChI=1S/C25H37N5O3/c1-31-18-20-12-15-29(16-13-20)23(21-10-7-11-22(32-2)24(21)33-3)25(28-26)30(27)17-14-19-8-5-4-6-9-19/h4-11,20,23H,12-18,26-27H2,1-3H3/b28-25-. The Morgan fingerprint density at radius 2 is 1.79 bits per heavy atom. The molecule has 0 aromatic heterocycles. The highest BCUT2D eigenvalue weighted by Crippen LogP contribution is 2.39. The van der Waals surface area contributed by atoms with Gasteiger partial charge in [0, 0.05) is 25.8 Å². The van der Waals surface area contributed by atoms with Crippen LogP contribution in [0, 0.1) is 5.92 Å². The fourth-order valence-electron chi connectivity index (χ4n) is 4.55. The topological polar surface area (TPSA) is 98.6 Å². The van der Waals surface area contributed by atoms with E-state index < -0.39 is 0 Å². The monoisotopic (exact) mass is 455 g/mol. The normalized spacial score (nSPS) is 16.4. The number of para-hydroxylation sites is 1. The van der Waals surface area contributed by atoms with Crippen LogP contribution < -0.4 is 21.2 Å². The highest BCUT2D eigenvalue weighted by molar-refractivity contribution is 5.89. The quantitative estimate of drug-likeness (QED) is 0.246. The van der Waals surface area contributed by atoms with Crippen LogP contribution in [0.5, 0.6) is 11.5 Å². The molecule has 8 heteroatoms. The number of amidine groups is 1. The molecule has 8 nitrogen and oxygen atoms in total. The van der Waals surface area contributed by atoms with Crippen molar-refractivity contribution in [3.05, 3.63) is 59.7 Å². The van der Waals surface area contributed by atoms with Crippen molar-refractivity contribution in [1.29, 1.82) is 0 Å². The van der Waals surface area contributed by atoms with Gasteiger partial charge in [0.25, 0.3) is 0 Å². The van der Waals surface area contributed by atoms with Gasteiger partial charge in [-0.25, -0.2) is 5.84 Å². The maximum Gasteiger partial charge on any atom is 0.165 e. The van der Waals surface area contributed by atoms with Gasteiger partial charge >= 0.3 is 0 Å². The molecule has 0 saturated carbocycles.